The van der Waals surface area contributed by atoms with Crippen LogP contribution in [-0.4, -0.2) is 11.7 Å². The van der Waals surface area contributed by atoms with Crippen molar-refractivity contribution in [3.63, 3.8) is 0 Å². The second kappa shape index (κ2) is 6.48. The second-order valence-electron chi connectivity index (χ2n) is 3.96. The average Bonchev–Trinajstić information content (AvgIpc) is 2.32. The smallest absolute Gasteiger partial charge is 0.120 e. The Labute approximate surface area is 108 Å². The lowest BCUT2D eigenvalue weighted by Gasteiger charge is -2.09. The lowest BCUT2D eigenvalue weighted by atomic mass is 10.0. The van der Waals surface area contributed by atoms with E-state index in [9.17, 15) is 5.11 Å². The summed E-state index contributed by atoms with van der Waals surface area (Å²) >= 11 is 0. The molecule has 0 spiro atoms. The molecule has 0 bridgehead atoms. The fraction of sp³-hybridized carbons (Fsp3) is 0.286. The van der Waals surface area contributed by atoms with E-state index in [0.29, 0.717) is 5.75 Å². The quantitative estimate of drug-likeness (QED) is 0.816. The summed E-state index contributed by atoms with van der Waals surface area (Å²) in [6.45, 7) is 3.83. The van der Waals surface area contributed by atoms with Gasteiger partial charge in [0.25, 0.3) is 0 Å². The number of hydrogen-bond acceptors (Lipinski definition) is 2. The Bertz CT molecular complexity index is 485. The summed E-state index contributed by atoms with van der Waals surface area (Å²) in [5.41, 5.74) is 0.992. The molecule has 0 atom stereocenters. The highest BCUT2D eigenvalue weighted by Gasteiger charge is 2.05. The number of benzene rings is 2. The minimum Gasteiger partial charge on any atom is -0.508 e. The van der Waals surface area contributed by atoms with E-state index in [0.717, 1.165) is 30.5 Å². The van der Waals surface area contributed by atoms with Crippen molar-refractivity contribution in [2.45, 2.75) is 19.9 Å². The largest absolute Gasteiger partial charge is 0.508 e. The van der Waals surface area contributed by atoms with Crippen LogP contribution in [-0.2, 0) is 6.54 Å². The molecule has 0 fully saturated rings. The van der Waals surface area contributed by atoms with Crippen molar-refractivity contribution in [1.82, 2.24) is 5.32 Å². The number of phenols is 1. The molecule has 0 amide bonds. The Morgan fingerprint density at radius 2 is 1.88 bits per heavy atom. The number of aromatic hydroxyl groups is 1. The summed E-state index contributed by atoms with van der Waals surface area (Å²) < 4.78 is 0. The molecule has 0 radical (unpaired) electrons. The lowest BCUT2D eigenvalue weighted by Crippen LogP contribution is -2.14. The van der Waals surface area contributed by atoms with Crippen LogP contribution in [0.25, 0.3) is 10.8 Å². The van der Waals surface area contributed by atoms with E-state index in [1.807, 2.05) is 18.2 Å². The fourth-order valence-corrected chi connectivity index (χ4v) is 1.90. The van der Waals surface area contributed by atoms with Crippen molar-refractivity contribution in [2.75, 3.05) is 6.54 Å². The van der Waals surface area contributed by atoms with Gasteiger partial charge in [0.05, 0.1) is 0 Å². The summed E-state index contributed by atoms with van der Waals surface area (Å²) in [6, 6.07) is 11.9. The molecule has 0 aliphatic rings. The summed E-state index contributed by atoms with van der Waals surface area (Å²) in [7, 11) is 0. The predicted molar refractivity (Wildman–Crippen MR) is 74.9 cm³/mol. The van der Waals surface area contributed by atoms with Crippen molar-refractivity contribution in [3.05, 3.63) is 42.0 Å². The number of nitrogens with one attached hydrogen (secondary N) is 1. The molecule has 0 unspecified atom stereocenters. The first-order valence-corrected chi connectivity index (χ1v) is 5.73. The van der Waals surface area contributed by atoms with Crippen LogP contribution in [0.3, 0.4) is 0 Å². The Morgan fingerprint density at radius 1 is 1.12 bits per heavy atom. The normalized spacial score (nSPS) is 10.2. The average molecular weight is 252 g/mol. The van der Waals surface area contributed by atoms with E-state index in [2.05, 4.69) is 24.4 Å². The molecular weight excluding hydrogens is 234 g/mol. The summed E-state index contributed by atoms with van der Waals surface area (Å²) in [5.74, 6) is 0.377. The number of rotatable bonds is 4. The Hall–Kier alpha value is -1.25. The van der Waals surface area contributed by atoms with Gasteiger partial charge in [-0.15, -0.1) is 12.4 Å². The molecule has 0 aromatic heterocycles. The van der Waals surface area contributed by atoms with E-state index in [1.54, 1.807) is 6.07 Å². The third-order valence-corrected chi connectivity index (χ3v) is 2.74. The zero-order chi connectivity index (χ0) is 11.4. The van der Waals surface area contributed by atoms with Gasteiger partial charge in [0.1, 0.15) is 5.75 Å². The molecule has 17 heavy (non-hydrogen) atoms. The van der Waals surface area contributed by atoms with Crippen molar-refractivity contribution >= 4 is 23.2 Å². The first kappa shape index (κ1) is 13.8. The maximum atomic E-state index is 9.87. The van der Waals surface area contributed by atoms with Gasteiger partial charge in [0.15, 0.2) is 0 Å². The van der Waals surface area contributed by atoms with E-state index in [-0.39, 0.29) is 12.4 Å². The number of halogens is 1. The van der Waals surface area contributed by atoms with Crippen LogP contribution < -0.4 is 5.32 Å². The molecule has 3 heteroatoms. The monoisotopic (exact) mass is 251 g/mol. The van der Waals surface area contributed by atoms with Gasteiger partial charge in [0, 0.05) is 12.1 Å². The van der Waals surface area contributed by atoms with Crippen LogP contribution in [0.4, 0.5) is 0 Å². The maximum Gasteiger partial charge on any atom is 0.120 e. The summed E-state index contributed by atoms with van der Waals surface area (Å²) in [5, 5.41) is 15.5. The highest BCUT2D eigenvalue weighted by atomic mass is 35.5. The van der Waals surface area contributed by atoms with Gasteiger partial charge in [-0.25, -0.2) is 0 Å². The van der Waals surface area contributed by atoms with Gasteiger partial charge >= 0.3 is 0 Å². The van der Waals surface area contributed by atoms with E-state index >= 15 is 0 Å². The van der Waals surface area contributed by atoms with Gasteiger partial charge < -0.3 is 10.4 Å². The van der Waals surface area contributed by atoms with E-state index < -0.39 is 0 Å². The zero-order valence-electron chi connectivity index (χ0n) is 9.94. The molecule has 2 aromatic rings. The van der Waals surface area contributed by atoms with E-state index in [4.69, 9.17) is 0 Å². The molecule has 2 aromatic carbocycles. The number of fused-ring (bicyclic) bond motifs is 1. The first-order chi connectivity index (χ1) is 7.83. The van der Waals surface area contributed by atoms with Gasteiger partial charge in [0.2, 0.25) is 0 Å². The molecule has 2 rings (SSSR count). The van der Waals surface area contributed by atoms with Crippen molar-refractivity contribution in [1.29, 1.82) is 0 Å². The van der Waals surface area contributed by atoms with Crippen molar-refractivity contribution in [2.24, 2.45) is 0 Å². The topological polar surface area (TPSA) is 32.3 Å². The van der Waals surface area contributed by atoms with Crippen LogP contribution in [0.5, 0.6) is 5.75 Å². The third kappa shape index (κ3) is 3.11. The molecule has 0 saturated heterocycles. The predicted octanol–water partition coefficient (Wildman–Crippen LogP) is 3.47. The van der Waals surface area contributed by atoms with E-state index in [1.165, 1.54) is 5.39 Å². The minimum absolute atomic E-state index is 0. The van der Waals surface area contributed by atoms with Crippen LogP contribution in [0.2, 0.25) is 0 Å². The second-order valence-corrected chi connectivity index (χ2v) is 3.96. The Kier molecular flexibility index (Phi) is 5.26. The van der Waals surface area contributed by atoms with Gasteiger partial charge in [-0.3, -0.25) is 0 Å². The molecule has 0 aliphatic carbocycles. The summed E-state index contributed by atoms with van der Waals surface area (Å²) in [4.78, 5) is 0. The first-order valence-electron chi connectivity index (χ1n) is 5.73. The van der Waals surface area contributed by atoms with Gasteiger partial charge in [-0.1, -0.05) is 37.3 Å². The van der Waals surface area contributed by atoms with Gasteiger partial charge in [-0.05, 0) is 29.8 Å². The Morgan fingerprint density at radius 3 is 2.65 bits per heavy atom. The maximum absolute atomic E-state index is 9.87. The Balaban J connectivity index is 0.00000144. The third-order valence-electron chi connectivity index (χ3n) is 2.74. The molecule has 2 N–H and O–H groups in total. The zero-order valence-corrected chi connectivity index (χ0v) is 10.8. The highest BCUT2D eigenvalue weighted by Crippen LogP contribution is 2.26. The fourth-order valence-electron chi connectivity index (χ4n) is 1.90. The lowest BCUT2D eigenvalue weighted by molar-refractivity contribution is 0.466. The molecule has 0 aliphatic heterocycles. The molecule has 92 valence electrons. The minimum atomic E-state index is 0. The molecule has 0 heterocycles. The highest BCUT2D eigenvalue weighted by molar-refractivity contribution is 5.87. The van der Waals surface area contributed by atoms with Crippen LogP contribution in [0.1, 0.15) is 18.9 Å². The molecule has 0 saturated carbocycles. The standard InChI is InChI=1S/C14H17NO.ClH/c1-2-9-15-10-13-12-6-4-3-5-11(12)7-8-14(13)16;/h3-8,15-16H,2,9-10H2,1H3;1H. The summed E-state index contributed by atoms with van der Waals surface area (Å²) in [6.07, 6.45) is 1.10. The van der Waals surface area contributed by atoms with Crippen LogP contribution in [0, 0.1) is 0 Å². The van der Waals surface area contributed by atoms with Crippen molar-refractivity contribution < 1.29 is 5.11 Å². The SMILES string of the molecule is CCCNCc1c(O)ccc2ccccc12.Cl. The van der Waals surface area contributed by atoms with Crippen LogP contribution in [0.15, 0.2) is 36.4 Å². The molecule has 2 nitrogen and oxygen atoms in total. The number of phenolic OH excluding ortho intramolecular Hbond substituents is 1. The van der Waals surface area contributed by atoms with Crippen LogP contribution >= 0.6 is 12.4 Å². The van der Waals surface area contributed by atoms with Gasteiger partial charge in [-0.2, -0.15) is 0 Å². The van der Waals surface area contributed by atoms with Crippen molar-refractivity contribution in [3.8, 4) is 5.75 Å². The molecular formula is C14H18ClNO. The number of hydrogen-bond donors (Lipinski definition) is 2.